The van der Waals surface area contributed by atoms with Gasteiger partial charge in [0.1, 0.15) is 5.75 Å². The molecule has 0 aliphatic carbocycles. The summed E-state index contributed by atoms with van der Waals surface area (Å²) >= 11 is 5.90. The van der Waals surface area contributed by atoms with E-state index < -0.39 is 0 Å². The molecule has 2 N–H and O–H groups in total. The van der Waals surface area contributed by atoms with Gasteiger partial charge in [-0.3, -0.25) is 0 Å². The lowest BCUT2D eigenvalue weighted by Crippen LogP contribution is -2.04. The number of unbranched alkanes of at least 4 members (excludes halogenated alkanes) is 1. The molecule has 0 amide bonds. The molecule has 0 atom stereocenters. The van der Waals surface area contributed by atoms with Gasteiger partial charge in [-0.15, -0.1) is 0 Å². The van der Waals surface area contributed by atoms with E-state index in [1.807, 2.05) is 12.1 Å². The highest BCUT2D eigenvalue weighted by atomic mass is 35.5. The van der Waals surface area contributed by atoms with Crippen molar-refractivity contribution in [2.75, 3.05) is 20.3 Å². The number of nitrogens with two attached hydrogens (primary N) is 1. The van der Waals surface area contributed by atoms with E-state index in [2.05, 4.69) is 0 Å². The molecule has 3 nitrogen and oxygen atoms in total. The summed E-state index contributed by atoms with van der Waals surface area (Å²) in [5.41, 5.74) is 6.59. The molecule has 0 heterocycles. The Morgan fingerprint density at radius 1 is 1.25 bits per heavy atom. The zero-order valence-corrected chi connectivity index (χ0v) is 10.3. The highest BCUT2D eigenvalue weighted by Crippen LogP contribution is 2.23. The van der Waals surface area contributed by atoms with Crippen molar-refractivity contribution in [3.63, 3.8) is 0 Å². The molecule has 16 heavy (non-hydrogen) atoms. The van der Waals surface area contributed by atoms with Crippen LogP contribution in [0.4, 0.5) is 0 Å². The van der Waals surface area contributed by atoms with Gasteiger partial charge in [0, 0.05) is 30.8 Å². The lowest BCUT2D eigenvalue weighted by Gasteiger charge is -2.10. The van der Waals surface area contributed by atoms with E-state index in [0.717, 1.165) is 30.8 Å². The van der Waals surface area contributed by atoms with Crippen LogP contribution in [0.15, 0.2) is 18.2 Å². The summed E-state index contributed by atoms with van der Waals surface area (Å²) in [5.74, 6) is 0.785. The average Bonchev–Trinajstić information content (AvgIpc) is 2.29. The first-order valence-electron chi connectivity index (χ1n) is 5.38. The molecule has 90 valence electrons. The molecule has 0 saturated carbocycles. The molecule has 1 rings (SSSR count). The van der Waals surface area contributed by atoms with Crippen LogP contribution in [0.2, 0.25) is 5.02 Å². The Morgan fingerprint density at radius 2 is 2.00 bits per heavy atom. The van der Waals surface area contributed by atoms with Crippen LogP contribution in [0.3, 0.4) is 0 Å². The van der Waals surface area contributed by atoms with Crippen molar-refractivity contribution >= 4 is 11.6 Å². The molecule has 0 bridgehead atoms. The third-order valence-corrected chi connectivity index (χ3v) is 2.48. The second-order valence-electron chi connectivity index (χ2n) is 3.50. The number of hydrogen-bond acceptors (Lipinski definition) is 3. The van der Waals surface area contributed by atoms with E-state index in [-0.39, 0.29) is 0 Å². The van der Waals surface area contributed by atoms with Gasteiger partial charge in [-0.05, 0) is 25.0 Å². The second kappa shape index (κ2) is 7.49. The predicted molar refractivity (Wildman–Crippen MR) is 65.9 cm³/mol. The van der Waals surface area contributed by atoms with Crippen molar-refractivity contribution in [2.45, 2.75) is 19.4 Å². The fraction of sp³-hybridized carbons (Fsp3) is 0.500. The Labute approximate surface area is 101 Å². The van der Waals surface area contributed by atoms with Crippen LogP contribution < -0.4 is 10.5 Å². The Balaban J connectivity index is 2.42. The van der Waals surface area contributed by atoms with Crippen molar-refractivity contribution in [3.05, 3.63) is 28.8 Å². The molecule has 0 unspecified atom stereocenters. The molecular weight excluding hydrogens is 226 g/mol. The normalized spacial score (nSPS) is 10.4. The number of benzene rings is 1. The fourth-order valence-electron chi connectivity index (χ4n) is 1.36. The van der Waals surface area contributed by atoms with Gasteiger partial charge >= 0.3 is 0 Å². The van der Waals surface area contributed by atoms with Crippen LogP contribution in [0.25, 0.3) is 0 Å². The molecule has 4 heteroatoms. The Morgan fingerprint density at radius 3 is 2.69 bits per heavy atom. The largest absolute Gasteiger partial charge is 0.493 e. The molecule has 0 aromatic heterocycles. The third kappa shape index (κ3) is 4.39. The van der Waals surface area contributed by atoms with Crippen LogP contribution in [0.5, 0.6) is 5.75 Å². The quantitative estimate of drug-likeness (QED) is 0.749. The number of hydrogen-bond donors (Lipinski definition) is 1. The van der Waals surface area contributed by atoms with Crippen LogP contribution in [-0.4, -0.2) is 20.3 Å². The topological polar surface area (TPSA) is 44.5 Å². The first-order chi connectivity index (χ1) is 7.77. The average molecular weight is 244 g/mol. The maximum absolute atomic E-state index is 5.90. The summed E-state index contributed by atoms with van der Waals surface area (Å²) in [7, 11) is 1.70. The van der Waals surface area contributed by atoms with E-state index in [1.165, 1.54) is 0 Å². The summed E-state index contributed by atoms with van der Waals surface area (Å²) in [4.78, 5) is 0. The SMILES string of the molecule is COCCCCOc1cc(Cl)ccc1CN. The molecule has 0 spiro atoms. The molecule has 0 radical (unpaired) electrons. The van der Waals surface area contributed by atoms with E-state index in [0.29, 0.717) is 18.2 Å². The Hall–Kier alpha value is -0.770. The van der Waals surface area contributed by atoms with Gasteiger partial charge < -0.3 is 15.2 Å². The summed E-state index contributed by atoms with van der Waals surface area (Å²) in [6.45, 7) is 1.89. The van der Waals surface area contributed by atoms with Gasteiger partial charge in [0.05, 0.1) is 6.61 Å². The van der Waals surface area contributed by atoms with E-state index in [4.69, 9.17) is 26.8 Å². The Kier molecular flexibility index (Phi) is 6.23. The van der Waals surface area contributed by atoms with E-state index >= 15 is 0 Å². The Bertz CT molecular complexity index is 318. The van der Waals surface area contributed by atoms with Crippen molar-refractivity contribution in [1.29, 1.82) is 0 Å². The highest BCUT2D eigenvalue weighted by Gasteiger charge is 2.02. The molecule has 1 aromatic carbocycles. The van der Waals surface area contributed by atoms with Gasteiger partial charge in [-0.25, -0.2) is 0 Å². The zero-order chi connectivity index (χ0) is 11.8. The summed E-state index contributed by atoms with van der Waals surface area (Å²) in [5, 5.41) is 0.670. The van der Waals surface area contributed by atoms with Gasteiger partial charge in [-0.2, -0.15) is 0 Å². The van der Waals surface area contributed by atoms with Crippen molar-refractivity contribution in [2.24, 2.45) is 5.73 Å². The predicted octanol–water partition coefficient (Wildman–Crippen LogP) is 2.60. The van der Waals surface area contributed by atoms with Crippen LogP contribution in [0.1, 0.15) is 18.4 Å². The number of halogens is 1. The van der Waals surface area contributed by atoms with E-state index in [1.54, 1.807) is 13.2 Å². The fourth-order valence-corrected chi connectivity index (χ4v) is 1.52. The maximum Gasteiger partial charge on any atom is 0.125 e. The first kappa shape index (κ1) is 13.3. The molecule has 0 saturated heterocycles. The number of methoxy groups -OCH3 is 1. The molecule has 0 fully saturated rings. The first-order valence-corrected chi connectivity index (χ1v) is 5.76. The van der Waals surface area contributed by atoms with Gasteiger partial charge in [-0.1, -0.05) is 17.7 Å². The minimum absolute atomic E-state index is 0.463. The van der Waals surface area contributed by atoms with Crippen LogP contribution in [0, 0.1) is 0 Å². The molecule has 0 aliphatic heterocycles. The molecular formula is C12H18ClNO2. The summed E-state index contributed by atoms with van der Waals surface area (Å²) in [6, 6.07) is 5.52. The molecule has 1 aromatic rings. The minimum Gasteiger partial charge on any atom is -0.493 e. The van der Waals surface area contributed by atoms with Crippen molar-refractivity contribution in [1.82, 2.24) is 0 Å². The van der Waals surface area contributed by atoms with Gasteiger partial charge in [0.2, 0.25) is 0 Å². The summed E-state index contributed by atoms with van der Waals surface area (Å²) < 4.78 is 10.6. The molecule has 0 aliphatic rings. The minimum atomic E-state index is 0.463. The van der Waals surface area contributed by atoms with Gasteiger partial charge in [0.15, 0.2) is 0 Å². The highest BCUT2D eigenvalue weighted by molar-refractivity contribution is 6.30. The summed E-state index contributed by atoms with van der Waals surface area (Å²) in [6.07, 6.45) is 1.96. The lowest BCUT2D eigenvalue weighted by molar-refractivity contribution is 0.184. The third-order valence-electron chi connectivity index (χ3n) is 2.25. The van der Waals surface area contributed by atoms with Crippen molar-refractivity contribution in [3.8, 4) is 5.75 Å². The number of ether oxygens (including phenoxy) is 2. The monoisotopic (exact) mass is 243 g/mol. The smallest absolute Gasteiger partial charge is 0.125 e. The maximum atomic E-state index is 5.90. The zero-order valence-electron chi connectivity index (χ0n) is 9.54. The lowest BCUT2D eigenvalue weighted by atomic mass is 10.2. The van der Waals surface area contributed by atoms with E-state index in [9.17, 15) is 0 Å². The van der Waals surface area contributed by atoms with Crippen LogP contribution in [-0.2, 0) is 11.3 Å². The van der Waals surface area contributed by atoms with Crippen LogP contribution >= 0.6 is 11.6 Å². The second-order valence-corrected chi connectivity index (χ2v) is 3.94. The van der Waals surface area contributed by atoms with Crippen molar-refractivity contribution < 1.29 is 9.47 Å². The van der Waals surface area contributed by atoms with Gasteiger partial charge in [0.25, 0.3) is 0 Å². The number of rotatable bonds is 7. The standard InChI is InChI=1S/C12H18ClNO2/c1-15-6-2-3-7-16-12-8-11(13)5-4-10(12)9-14/h4-5,8H,2-3,6-7,9,14H2,1H3.